The molecule has 0 aliphatic carbocycles. The monoisotopic (exact) mass is 293 g/mol. The molecule has 0 aliphatic heterocycles. The van der Waals surface area contributed by atoms with E-state index in [2.05, 4.69) is 5.10 Å². The molecule has 2 aromatic heterocycles. The Bertz CT molecular complexity index is 720. The lowest BCUT2D eigenvalue weighted by Crippen LogP contribution is -1.94. The van der Waals surface area contributed by atoms with Crippen molar-refractivity contribution in [1.82, 2.24) is 9.78 Å². The highest BCUT2D eigenvalue weighted by atomic mass is 35.5. The first-order valence-electron chi connectivity index (χ1n) is 5.49. The fourth-order valence-electron chi connectivity index (χ4n) is 1.75. The number of rotatable bonds is 2. The molecule has 6 heteroatoms. The molecule has 0 unspecified atom stereocenters. The number of hydrogen-bond donors (Lipinski definition) is 1. The van der Waals surface area contributed by atoms with E-state index in [1.165, 1.54) is 0 Å². The molecule has 3 rings (SSSR count). The van der Waals surface area contributed by atoms with Crippen molar-refractivity contribution in [2.45, 2.75) is 0 Å². The summed E-state index contributed by atoms with van der Waals surface area (Å²) in [6.45, 7) is 0. The van der Waals surface area contributed by atoms with E-state index in [1.807, 2.05) is 6.07 Å². The maximum Gasteiger partial charge on any atom is 0.156 e. The molecule has 4 nitrogen and oxygen atoms in total. The van der Waals surface area contributed by atoms with E-state index in [0.717, 1.165) is 5.69 Å². The summed E-state index contributed by atoms with van der Waals surface area (Å²) >= 11 is 11.9. The van der Waals surface area contributed by atoms with Gasteiger partial charge in [-0.15, -0.1) is 0 Å². The van der Waals surface area contributed by atoms with Crippen LogP contribution in [0.1, 0.15) is 0 Å². The van der Waals surface area contributed by atoms with Crippen LogP contribution < -0.4 is 5.73 Å². The summed E-state index contributed by atoms with van der Waals surface area (Å²) in [6, 6.07) is 8.84. The number of anilines is 1. The summed E-state index contributed by atoms with van der Waals surface area (Å²) in [5, 5.41) is 5.35. The zero-order chi connectivity index (χ0) is 13.4. The van der Waals surface area contributed by atoms with E-state index >= 15 is 0 Å². The second kappa shape index (κ2) is 4.64. The molecule has 19 heavy (non-hydrogen) atoms. The fourth-order valence-corrected chi connectivity index (χ4v) is 2.04. The Labute approximate surface area is 119 Å². The van der Waals surface area contributed by atoms with Crippen LogP contribution in [0.3, 0.4) is 0 Å². The molecule has 0 bridgehead atoms. The lowest BCUT2D eigenvalue weighted by atomic mass is 10.3. The second-order valence-corrected chi connectivity index (χ2v) is 4.77. The van der Waals surface area contributed by atoms with E-state index in [1.54, 1.807) is 41.4 Å². The summed E-state index contributed by atoms with van der Waals surface area (Å²) in [5.41, 5.74) is 7.83. The number of benzene rings is 1. The number of aromatic nitrogens is 2. The molecule has 0 radical (unpaired) electrons. The zero-order valence-corrected chi connectivity index (χ0v) is 11.2. The normalized spacial score (nSPS) is 10.8. The highest BCUT2D eigenvalue weighted by molar-refractivity contribution is 6.42. The smallest absolute Gasteiger partial charge is 0.156 e. The van der Waals surface area contributed by atoms with Gasteiger partial charge in [0.25, 0.3) is 0 Å². The molecule has 0 atom stereocenters. The van der Waals surface area contributed by atoms with Gasteiger partial charge in [-0.3, -0.25) is 0 Å². The molecule has 0 amide bonds. The molecule has 2 heterocycles. The first-order valence-corrected chi connectivity index (χ1v) is 6.25. The van der Waals surface area contributed by atoms with Crippen molar-refractivity contribution >= 4 is 28.9 Å². The number of halogens is 2. The van der Waals surface area contributed by atoms with Crippen LogP contribution in [0.2, 0.25) is 10.0 Å². The van der Waals surface area contributed by atoms with E-state index in [-0.39, 0.29) is 0 Å². The Morgan fingerprint density at radius 1 is 1.16 bits per heavy atom. The van der Waals surface area contributed by atoms with Crippen LogP contribution in [0.25, 0.3) is 17.1 Å². The lowest BCUT2D eigenvalue weighted by Gasteiger charge is -2.02. The SMILES string of the molecule is Nc1cn(-c2ccc(Cl)c(Cl)c2)nc1-c1ccco1. The molecular formula is C13H9Cl2N3O. The van der Waals surface area contributed by atoms with Crippen molar-refractivity contribution in [1.29, 1.82) is 0 Å². The van der Waals surface area contributed by atoms with Gasteiger partial charge in [0.05, 0.1) is 33.9 Å². The number of nitrogens with two attached hydrogens (primary N) is 1. The Morgan fingerprint density at radius 3 is 2.68 bits per heavy atom. The first-order chi connectivity index (χ1) is 9.15. The Hall–Kier alpha value is -1.91. The Kier molecular flexibility index (Phi) is 2.97. The van der Waals surface area contributed by atoms with Crippen LogP contribution in [-0.4, -0.2) is 9.78 Å². The molecule has 0 saturated carbocycles. The summed E-state index contributed by atoms with van der Waals surface area (Å²) in [4.78, 5) is 0. The van der Waals surface area contributed by atoms with Crippen molar-refractivity contribution < 1.29 is 4.42 Å². The number of hydrogen-bond acceptors (Lipinski definition) is 3. The van der Waals surface area contributed by atoms with E-state index < -0.39 is 0 Å². The first kappa shape index (κ1) is 12.1. The summed E-state index contributed by atoms with van der Waals surface area (Å²) < 4.78 is 6.92. The molecule has 0 fully saturated rings. The van der Waals surface area contributed by atoms with E-state index in [4.69, 9.17) is 33.4 Å². The Balaban J connectivity index is 2.07. The van der Waals surface area contributed by atoms with Gasteiger partial charge in [0, 0.05) is 0 Å². The largest absolute Gasteiger partial charge is 0.463 e. The molecule has 0 saturated heterocycles. The standard InChI is InChI=1S/C13H9Cl2N3O/c14-9-4-3-8(6-10(9)15)18-7-11(16)13(17-18)12-2-1-5-19-12/h1-7H,16H2. The van der Waals surface area contributed by atoms with Crippen LogP contribution in [0.4, 0.5) is 5.69 Å². The van der Waals surface area contributed by atoms with Crippen molar-refractivity contribution in [3.8, 4) is 17.1 Å². The van der Waals surface area contributed by atoms with Crippen molar-refractivity contribution in [2.24, 2.45) is 0 Å². The minimum absolute atomic E-state index is 0.466. The van der Waals surface area contributed by atoms with E-state index in [0.29, 0.717) is 27.2 Å². The molecule has 2 N–H and O–H groups in total. The van der Waals surface area contributed by atoms with Crippen molar-refractivity contribution in [3.05, 3.63) is 52.8 Å². The number of nitrogen functional groups attached to an aromatic ring is 1. The number of nitrogens with zero attached hydrogens (tertiary/aromatic N) is 2. The minimum Gasteiger partial charge on any atom is -0.463 e. The molecule has 3 aromatic rings. The van der Waals surface area contributed by atoms with Gasteiger partial charge in [0.15, 0.2) is 11.5 Å². The minimum atomic E-state index is 0.466. The third-order valence-electron chi connectivity index (χ3n) is 2.66. The van der Waals surface area contributed by atoms with Crippen LogP contribution in [0.15, 0.2) is 47.2 Å². The third kappa shape index (κ3) is 2.20. The molecular weight excluding hydrogens is 285 g/mol. The quantitative estimate of drug-likeness (QED) is 0.776. The van der Waals surface area contributed by atoms with Crippen LogP contribution in [0, 0.1) is 0 Å². The predicted octanol–water partition coefficient (Wildman–Crippen LogP) is 4.02. The maximum absolute atomic E-state index is 5.99. The van der Waals surface area contributed by atoms with Crippen LogP contribution in [0.5, 0.6) is 0 Å². The van der Waals surface area contributed by atoms with Crippen LogP contribution in [-0.2, 0) is 0 Å². The highest BCUT2D eigenvalue weighted by Crippen LogP contribution is 2.28. The topological polar surface area (TPSA) is 57.0 Å². The fraction of sp³-hybridized carbons (Fsp3) is 0. The summed E-state index contributed by atoms with van der Waals surface area (Å²) in [6.07, 6.45) is 3.28. The molecule has 0 spiro atoms. The van der Waals surface area contributed by atoms with Gasteiger partial charge in [-0.05, 0) is 30.3 Å². The van der Waals surface area contributed by atoms with Gasteiger partial charge in [0.1, 0.15) is 0 Å². The molecule has 96 valence electrons. The van der Waals surface area contributed by atoms with Gasteiger partial charge in [-0.1, -0.05) is 23.2 Å². The van der Waals surface area contributed by atoms with Gasteiger partial charge in [-0.2, -0.15) is 5.10 Å². The van der Waals surface area contributed by atoms with Gasteiger partial charge < -0.3 is 10.2 Å². The van der Waals surface area contributed by atoms with Crippen molar-refractivity contribution in [3.63, 3.8) is 0 Å². The molecule has 0 aliphatic rings. The number of furan rings is 1. The highest BCUT2D eigenvalue weighted by Gasteiger charge is 2.12. The average Bonchev–Trinajstić information content (AvgIpc) is 3.01. The van der Waals surface area contributed by atoms with Gasteiger partial charge in [-0.25, -0.2) is 4.68 Å². The maximum atomic E-state index is 5.99. The van der Waals surface area contributed by atoms with E-state index in [9.17, 15) is 0 Å². The Morgan fingerprint density at radius 2 is 2.00 bits per heavy atom. The van der Waals surface area contributed by atoms with Crippen molar-refractivity contribution in [2.75, 3.05) is 5.73 Å². The lowest BCUT2D eigenvalue weighted by molar-refractivity contribution is 0.579. The summed E-state index contributed by atoms with van der Waals surface area (Å²) in [7, 11) is 0. The second-order valence-electron chi connectivity index (χ2n) is 3.95. The predicted molar refractivity (Wildman–Crippen MR) is 75.7 cm³/mol. The average molecular weight is 294 g/mol. The third-order valence-corrected chi connectivity index (χ3v) is 3.40. The zero-order valence-electron chi connectivity index (χ0n) is 9.68. The van der Waals surface area contributed by atoms with Gasteiger partial charge in [0.2, 0.25) is 0 Å². The van der Waals surface area contributed by atoms with Crippen LogP contribution >= 0.6 is 23.2 Å². The summed E-state index contributed by atoms with van der Waals surface area (Å²) in [5.74, 6) is 0.622. The molecule has 1 aromatic carbocycles. The van der Waals surface area contributed by atoms with Gasteiger partial charge >= 0.3 is 0 Å².